The summed E-state index contributed by atoms with van der Waals surface area (Å²) < 4.78 is 50.4. The van der Waals surface area contributed by atoms with Crippen LogP contribution in [0.15, 0.2) is 40.8 Å². The van der Waals surface area contributed by atoms with Gasteiger partial charge in [0.05, 0.1) is 4.70 Å². The number of amides is 1. The summed E-state index contributed by atoms with van der Waals surface area (Å²) in [6, 6.07) is 9.21. The van der Waals surface area contributed by atoms with E-state index >= 15 is 0 Å². The number of thiazole rings is 1. The number of para-hydroxylation sites is 1. The zero-order valence-corrected chi connectivity index (χ0v) is 14.6. The summed E-state index contributed by atoms with van der Waals surface area (Å²) in [6.07, 6.45) is 0. The van der Waals surface area contributed by atoms with Gasteiger partial charge in [0.1, 0.15) is 11.1 Å². The highest BCUT2D eigenvalue weighted by atomic mass is 32.1. The number of aromatic nitrogens is 1. The Morgan fingerprint density at radius 1 is 1.14 bits per heavy atom. The molecule has 0 saturated carbocycles. The molecule has 0 aliphatic heterocycles. The molecule has 6 nitrogen and oxygen atoms in total. The van der Waals surface area contributed by atoms with Crippen LogP contribution in [0.25, 0.3) is 21.2 Å². The molecule has 10 heteroatoms. The smallest absolute Gasteiger partial charge is 0.374 e. The van der Waals surface area contributed by atoms with Gasteiger partial charge in [-0.05, 0) is 18.2 Å². The minimum Gasteiger partial charge on any atom is -0.450 e. The van der Waals surface area contributed by atoms with E-state index in [2.05, 4.69) is 10.3 Å². The molecule has 2 heterocycles. The van der Waals surface area contributed by atoms with Crippen LogP contribution in [-0.4, -0.2) is 23.5 Å². The third kappa shape index (κ3) is 3.29. The number of hydrogen-bond donors (Lipinski definition) is 1. The maximum absolute atomic E-state index is 13.7. The molecule has 0 bridgehead atoms. The standard InChI is InChI=1S/C18H9F3N2O4S/c19-9-6-12-16(15(21)14(9)20)23-18(28-12)22-13(24)7-26-17(25)11-5-8-3-1-2-4-10(8)27-11/h1-6H,7H2,(H,22,23,24). The van der Waals surface area contributed by atoms with Crippen molar-refractivity contribution in [3.05, 3.63) is 59.6 Å². The Morgan fingerprint density at radius 2 is 1.93 bits per heavy atom. The monoisotopic (exact) mass is 406 g/mol. The molecule has 0 unspecified atom stereocenters. The maximum atomic E-state index is 13.7. The normalized spacial score (nSPS) is 11.1. The van der Waals surface area contributed by atoms with Gasteiger partial charge in [-0.3, -0.25) is 10.1 Å². The molecule has 0 saturated heterocycles. The lowest BCUT2D eigenvalue weighted by molar-refractivity contribution is -0.119. The van der Waals surface area contributed by atoms with Crippen LogP contribution in [0, 0.1) is 17.5 Å². The zero-order chi connectivity index (χ0) is 19.8. The van der Waals surface area contributed by atoms with Crippen molar-refractivity contribution in [1.29, 1.82) is 0 Å². The van der Waals surface area contributed by atoms with Gasteiger partial charge in [-0.2, -0.15) is 0 Å². The SMILES string of the molecule is O=C(COC(=O)c1cc2ccccc2o1)Nc1nc2c(F)c(F)c(F)cc2s1. The summed E-state index contributed by atoms with van der Waals surface area (Å²) in [5, 5.41) is 2.89. The average molecular weight is 406 g/mol. The lowest BCUT2D eigenvalue weighted by Gasteiger charge is -2.02. The molecular weight excluding hydrogens is 397 g/mol. The van der Waals surface area contributed by atoms with Gasteiger partial charge < -0.3 is 9.15 Å². The van der Waals surface area contributed by atoms with Crippen molar-refractivity contribution in [2.24, 2.45) is 0 Å². The molecule has 2 aromatic heterocycles. The Kier molecular flexibility index (Phi) is 4.47. The van der Waals surface area contributed by atoms with Crippen molar-refractivity contribution >= 4 is 49.5 Å². The zero-order valence-electron chi connectivity index (χ0n) is 13.8. The van der Waals surface area contributed by atoms with Crippen LogP contribution in [0.2, 0.25) is 0 Å². The van der Waals surface area contributed by atoms with E-state index in [1.807, 2.05) is 0 Å². The van der Waals surface area contributed by atoms with Gasteiger partial charge >= 0.3 is 5.97 Å². The maximum Gasteiger partial charge on any atom is 0.374 e. The fraction of sp³-hybridized carbons (Fsp3) is 0.0556. The number of benzene rings is 2. The number of rotatable bonds is 4. The lowest BCUT2D eigenvalue weighted by Crippen LogP contribution is -2.20. The van der Waals surface area contributed by atoms with Crippen LogP contribution < -0.4 is 5.32 Å². The number of carbonyl (C=O) groups excluding carboxylic acids is 2. The summed E-state index contributed by atoms with van der Waals surface area (Å²) in [5.74, 6) is -6.11. The number of hydrogen-bond acceptors (Lipinski definition) is 6. The van der Waals surface area contributed by atoms with Gasteiger partial charge in [0.15, 0.2) is 29.2 Å². The molecule has 0 aliphatic rings. The quantitative estimate of drug-likeness (QED) is 0.405. The third-order valence-corrected chi connectivity index (χ3v) is 4.65. The van der Waals surface area contributed by atoms with Gasteiger partial charge in [0.25, 0.3) is 5.91 Å². The highest BCUT2D eigenvalue weighted by Crippen LogP contribution is 2.30. The first kappa shape index (κ1) is 18.0. The number of carbonyl (C=O) groups is 2. The van der Waals surface area contributed by atoms with Crippen LogP contribution in [0.5, 0.6) is 0 Å². The Bertz CT molecular complexity index is 1200. The second-order valence-electron chi connectivity index (χ2n) is 5.62. The molecule has 0 spiro atoms. The van der Waals surface area contributed by atoms with Crippen LogP contribution in [-0.2, 0) is 9.53 Å². The Balaban J connectivity index is 1.42. The number of fused-ring (bicyclic) bond motifs is 2. The van der Waals surface area contributed by atoms with Crippen LogP contribution in [0.3, 0.4) is 0 Å². The predicted octanol–water partition coefficient (Wildman–Crippen LogP) is 4.26. The summed E-state index contributed by atoms with van der Waals surface area (Å²) in [5.41, 5.74) is 0.0911. The predicted molar refractivity (Wildman–Crippen MR) is 94.6 cm³/mol. The molecule has 1 amide bonds. The summed E-state index contributed by atoms with van der Waals surface area (Å²) in [4.78, 5) is 27.6. The van der Waals surface area contributed by atoms with Crippen molar-refractivity contribution < 1.29 is 31.9 Å². The molecule has 0 aliphatic carbocycles. The lowest BCUT2D eigenvalue weighted by atomic mass is 10.2. The summed E-state index contributed by atoms with van der Waals surface area (Å²) in [6.45, 7) is -0.656. The van der Waals surface area contributed by atoms with Crippen molar-refractivity contribution in [2.75, 3.05) is 11.9 Å². The molecule has 2 aromatic carbocycles. The molecule has 142 valence electrons. The molecule has 0 radical (unpaired) electrons. The third-order valence-electron chi connectivity index (χ3n) is 3.73. The summed E-state index contributed by atoms with van der Waals surface area (Å²) in [7, 11) is 0. The van der Waals surface area contributed by atoms with Gasteiger partial charge in [0.2, 0.25) is 5.76 Å². The van der Waals surface area contributed by atoms with Gasteiger partial charge in [-0.1, -0.05) is 29.5 Å². The first-order valence-electron chi connectivity index (χ1n) is 7.82. The fourth-order valence-corrected chi connectivity index (χ4v) is 3.37. The fourth-order valence-electron chi connectivity index (χ4n) is 2.47. The number of esters is 1. The van der Waals surface area contributed by atoms with Crippen LogP contribution in [0.4, 0.5) is 18.3 Å². The van der Waals surface area contributed by atoms with Crippen LogP contribution in [0.1, 0.15) is 10.6 Å². The first-order valence-corrected chi connectivity index (χ1v) is 8.63. The summed E-state index contributed by atoms with van der Waals surface area (Å²) >= 11 is 0.748. The average Bonchev–Trinajstić information content (AvgIpc) is 3.28. The second kappa shape index (κ2) is 6.97. The Hall–Kier alpha value is -3.40. The number of halogens is 3. The number of nitrogens with zero attached hydrogens (tertiary/aromatic N) is 1. The van der Waals surface area contributed by atoms with Gasteiger partial charge in [0, 0.05) is 5.39 Å². The number of furan rings is 1. The van der Waals surface area contributed by atoms with E-state index < -0.39 is 41.5 Å². The molecule has 4 rings (SSSR count). The number of nitrogens with one attached hydrogen (secondary N) is 1. The minimum atomic E-state index is -1.64. The molecule has 4 aromatic rings. The van der Waals surface area contributed by atoms with E-state index in [4.69, 9.17) is 9.15 Å². The highest BCUT2D eigenvalue weighted by molar-refractivity contribution is 7.22. The second-order valence-corrected chi connectivity index (χ2v) is 6.66. The topological polar surface area (TPSA) is 81.4 Å². The number of anilines is 1. The minimum absolute atomic E-state index is 0.0194. The van der Waals surface area contributed by atoms with E-state index in [1.165, 1.54) is 6.07 Å². The van der Waals surface area contributed by atoms with Gasteiger partial charge in [-0.15, -0.1) is 0 Å². The van der Waals surface area contributed by atoms with Crippen molar-refractivity contribution in [3.8, 4) is 0 Å². The van der Waals surface area contributed by atoms with Crippen LogP contribution >= 0.6 is 11.3 Å². The van der Waals surface area contributed by atoms with E-state index in [0.29, 0.717) is 11.0 Å². The van der Waals surface area contributed by atoms with Gasteiger partial charge in [-0.25, -0.2) is 22.9 Å². The van der Waals surface area contributed by atoms with Crippen molar-refractivity contribution in [3.63, 3.8) is 0 Å². The number of ether oxygens (including phenoxy) is 1. The molecule has 0 atom stereocenters. The van der Waals surface area contributed by atoms with Crippen molar-refractivity contribution in [1.82, 2.24) is 4.98 Å². The van der Waals surface area contributed by atoms with E-state index in [-0.39, 0.29) is 15.6 Å². The van der Waals surface area contributed by atoms with E-state index in [1.54, 1.807) is 24.3 Å². The Morgan fingerprint density at radius 3 is 2.71 bits per heavy atom. The molecule has 0 fully saturated rings. The molecular formula is C18H9F3N2O4S. The van der Waals surface area contributed by atoms with Crippen molar-refractivity contribution in [2.45, 2.75) is 0 Å². The highest BCUT2D eigenvalue weighted by Gasteiger charge is 2.19. The van der Waals surface area contributed by atoms with E-state index in [9.17, 15) is 22.8 Å². The first-order chi connectivity index (χ1) is 13.4. The largest absolute Gasteiger partial charge is 0.450 e. The Labute approximate surface area is 158 Å². The molecule has 1 N–H and O–H groups in total. The van der Waals surface area contributed by atoms with E-state index in [0.717, 1.165) is 17.4 Å². The molecule has 28 heavy (non-hydrogen) atoms.